The molecular weight excluding hydrogens is 810 g/mol. The fraction of sp³-hybridized carbons (Fsp3) is 0.623. The molecule has 0 aliphatic heterocycles. The van der Waals surface area contributed by atoms with E-state index in [0.29, 0.717) is 6.42 Å². The lowest BCUT2D eigenvalue weighted by molar-refractivity contribution is -0.147. The van der Waals surface area contributed by atoms with E-state index in [9.17, 15) is 24.2 Å². The second-order valence-electron chi connectivity index (χ2n) is 15.7. The summed E-state index contributed by atoms with van der Waals surface area (Å²) in [6, 6.07) is 0. The maximum absolute atomic E-state index is 12.1. The van der Waals surface area contributed by atoms with Crippen molar-refractivity contribution in [1.82, 2.24) is 5.32 Å². The Morgan fingerprint density at radius 1 is 0.508 bits per heavy atom. The van der Waals surface area contributed by atoms with Crippen molar-refractivity contribution in [1.29, 1.82) is 0 Å². The topological polar surface area (TPSA) is 131 Å². The number of hydrogen-bond donors (Lipinski definition) is 3. The molecule has 3 N–H and O–H groups in total. The lowest BCUT2D eigenvalue weighted by Gasteiger charge is -2.15. The third kappa shape index (κ3) is 49.5. The number of allylic oxidation sites excluding steroid dienone is 18. The first-order valence-electron chi connectivity index (χ1n) is 24.4. The standard InChI is InChI=1S/C53H88NO8P/c1-3-5-7-9-11-13-15-17-19-21-23-24-25-26-28-30-32-34-36-38-40-42-44-46-53(57)60-49-51(55)50-62-63(58,59)61-48-47-54-52(56)45-43-41-39-37-35-33-31-29-27-22-20-18-16-14-12-10-8-6-4-2/h6,8,11-14,17-20,23-24,27,29,33,35,39,41,51,55H,3-5,7,9-10,15-16,21-22,25-26,28,30-32,34,36-38,40,42-50H2,1-2H3,(H,54,56)(H,58,59)/b8-6-,13-11-,14-12-,19-17-,20-18-,24-23-,29-27-,35-33-,41-39-. The molecule has 0 aromatic rings. The summed E-state index contributed by atoms with van der Waals surface area (Å²) < 4.78 is 26.9. The molecule has 10 heteroatoms. The molecule has 1 amide bonds. The summed E-state index contributed by atoms with van der Waals surface area (Å²) in [6.07, 6.45) is 64.6. The van der Waals surface area contributed by atoms with Crippen molar-refractivity contribution in [2.75, 3.05) is 26.4 Å². The van der Waals surface area contributed by atoms with Crippen LogP contribution in [0.2, 0.25) is 0 Å². The first-order chi connectivity index (χ1) is 30.8. The van der Waals surface area contributed by atoms with Crippen LogP contribution >= 0.6 is 7.82 Å². The largest absolute Gasteiger partial charge is 0.472 e. The van der Waals surface area contributed by atoms with Gasteiger partial charge >= 0.3 is 13.8 Å². The van der Waals surface area contributed by atoms with Crippen molar-refractivity contribution in [3.8, 4) is 0 Å². The van der Waals surface area contributed by atoms with Crippen LogP contribution in [-0.4, -0.2) is 54.3 Å². The number of ether oxygens (including phenoxy) is 1. The van der Waals surface area contributed by atoms with Gasteiger partial charge in [-0.05, 0) is 89.9 Å². The molecule has 2 unspecified atom stereocenters. The molecule has 0 fully saturated rings. The van der Waals surface area contributed by atoms with Crippen LogP contribution in [0, 0.1) is 0 Å². The number of aliphatic hydroxyl groups is 1. The van der Waals surface area contributed by atoms with Crippen LogP contribution in [0.4, 0.5) is 0 Å². The Morgan fingerprint density at radius 2 is 0.921 bits per heavy atom. The number of rotatable bonds is 44. The van der Waals surface area contributed by atoms with E-state index in [4.69, 9.17) is 13.8 Å². The number of unbranched alkanes of at least 4 members (excludes halogenated alkanes) is 13. The number of carbonyl (C=O) groups excluding carboxylic acids is 2. The average molecular weight is 898 g/mol. The molecule has 0 aromatic heterocycles. The predicted octanol–water partition coefficient (Wildman–Crippen LogP) is 14.3. The van der Waals surface area contributed by atoms with Gasteiger partial charge in [0.15, 0.2) is 0 Å². The minimum absolute atomic E-state index is 0.0336. The molecule has 2 atom stereocenters. The quantitative estimate of drug-likeness (QED) is 0.0238. The molecule has 9 nitrogen and oxygen atoms in total. The van der Waals surface area contributed by atoms with Gasteiger partial charge in [0.1, 0.15) is 12.7 Å². The zero-order valence-electron chi connectivity index (χ0n) is 39.5. The van der Waals surface area contributed by atoms with Crippen LogP contribution in [0.25, 0.3) is 0 Å². The van der Waals surface area contributed by atoms with Gasteiger partial charge in [-0.2, -0.15) is 0 Å². The van der Waals surface area contributed by atoms with E-state index in [2.05, 4.69) is 116 Å². The number of amides is 1. The molecular formula is C53H88NO8P. The maximum atomic E-state index is 12.1. The van der Waals surface area contributed by atoms with Crippen LogP contribution in [0.3, 0.4) is 0 Å². The van der Waals surface area contributed by atoms with Crippen LogP contribution in [0.5, 0.6) is 0 Å². The number of nitrogens with one attached hydrogen (secondary N) is 1. The summed E-state index contributed by atoms with van der Waals surface area (Å²) >= 11 is 0. The van der Waals surface area contributed by atoms with Crippen LogP contribution in [0.15, 0.2) is 109 Å². The zero-order valence-corrected chi connectivity index (χ0v) is 40.4. The van der Waals surface area contributed by atoms with Gasteiger partial charge in [-0.15, -0.1) is 0 Å². The molecule has 358 valence electrons. The molecule has 0 rings (SSSR count). The van der Waals surface area contributed by atoms with Crippen LogP contribution in [0.1, 0.15) is 181 Å². The molecule has 63 heavy (non-hydrogen) atoms. The number of phosphoric acid groups is 1. The fourth-order valence-corrected chi connectivity index (χ4v) is 6.81. The maximum Gasteiger partial charge on any atom is 0.472 e. The van der Waals surface area contributed by atoms with Crippen molar-refractivity contribution in [2.24, 2.45) is 0 Å². The Hall–Kier alpha value is -3.33. The van der Waals surface area contributed by atoms with Crippen molar-refractivity contribution >= 4 is 19.7 Å². The van der Waals surface area contributed by atoms with Crippen LogP contribution < -0.4 is 5.32 Å². The predicted molar refractivity (Wildman–Crippen MR) is 265 cm³/mol. The smallest absolute Gasteiger partial charge is 0.463 e. The van der Waals surface area contributed by atoms with Gasteiger partial charge in [-0.3, -0.25) is 18.6 Å². The van der Waals surface area contributed by atoms with Crippen molar-refractivity contribution in [2.45, 2.75) is 187 Å². The molecule has 0 saturated carbocycles. The third-order valence-corrected chi connectivity index (χ3v) is 10.7. The Morgan fingerprint density at radius 3 is 1.40 bits per heavy atom. The van der Waals surface area contributed by atoms with E-state index < -0.39 is 26.5 Å². The first kappa shape index (κ1) is 59.7. The summed E-state index contributed by atoms with van der Waals surface area (Å²) in [5.74, 6) is -0.614. The van der Waals surface area contributed by atoms with E-state index in [1.54, 1.807) is 0 Å². The van der Waals surface area contributed by atoms with Gasteiger partial charge < -0.3 is 20.1 Å². The lowest BCUT2D eigenvalue weighted by Crippen LogP contribution is -2.27. The number of aliphatic hydroxyl groups excluding tert-OH is 1. The molecule has 0 heterocycles. The van der Waals surface area contributed by atoms with Gasteiger partial charge in [0.05, 0.1) is 13.2 Å². The molecule has 0 aliphatic rings. The van der Waals surface area contributed by atoms with Gasteiger partial charge in [-0.25, -0.2) is 4.57 Å². The van der Waals surface area contributed by atoms with Crippen molar-refractivity contribution < 1.29 is 37.9 Å². The van der Waals surface area contributed by atoms with E-state index in [0.717, 1.165) is 83.5 Å². The highest BCUT2D eigenvalue weighted by Crippen LogP contribution is 2.42. The fourth-order valence-electron chi connectivity index (χ4n) is 6.06. The average Bonchev–Trinajstić information content (AvgIpc) is 3.27. The van der Waals surface area contributed by atoms with Gasteiger partial charge in [0.2, 0.25) is 5.91 Å². The molecule has 0 aromatic carbocycles. The number of carbonyl (C=O) groups is 2. The van der Waals surface area contributed by atoms with E-state index in [-0.39, 0.29) is 38.5 Å². The van der Waals surface area contributed by atoms with E-state index in [1.807, 2.05) is 12.2 Å². The normalized spacial score (nSPS) is 14.2. The highest BCUT2D eigenvalue weighted by molar-refractivity contribution is 7.47. The monoisotopic (exact) mass is 898 g/mol. The van der Waals surface area contributed by atoms with Crippen molar-refractivity contribution in [3.05, 3.63) is 109 Å². The van der Waals surface area contributed by atoms with Gasteiger partial charge in [0.25, 0.3) is 0 Å². The summed E-state index contributed by atoms with van der Waals surface area (Å²) in [5, 5.41) is 12.7. The minimum atomic E-state index is -4.45. The number of hydrogen-bond acceptors (Lipinski definition) is 7. The lowest BCUT2D eigenvalue weighted by atomic mass is 10.1. The Bertz CT molecular complexity index is 1390. The van der Waals surface area contributed by atoms with Gasteiger partial charge in [-0.1, -0.05) is 187 Å². The van der Waals surface area contributed by atoms with E-state index in [1.165, 1.54) is 64.2 Å². The summed E-state index contributed by atoms with van der Waals surface area (Å²) in [5.41, 5.74) is 0. The third-order valence-electron chi connectivity index (χ3n) is 9.70. The zero-order chi connectivity index (χ0) is 46.0. The second kappa shape index (κ2) is 48.1. The number of phosphoric ester groups is 1. The Balaban J connectivity index is 3.69. The molecule has 0 radical (unpaired) electrons. The van der Waals surface area contributed by atoms with Crippen LogP contribution in [-0.2, 0) is 27.9 Å². The summed E-state index contributed by atoms with van der Waals surface area (Å²) in [6.45, 7) is 3.30. The molecule has 0 bridgehead atoms. The van der Waals surface area contributed by atoms with E-state index >= 15 is 0 Å². The van der Waals surface area contributed by atoms with Gasteiger partial charge in [0, 0.05) is 19.4 Å². The summed E-state index contributed by atoms with van der Waals surface area (Å²) in [4.78, 5) is 34.0. The SMILES string of the molecule is CC/C=C\C/C=C\C/C=C\C/C=C\C/C=C\C/C=C\CCC(=O)NCCOP(=O)(O)OCC(O)COC(=O)CCCCCCCCCCCC/C=C\C/C=C\C/C=C\CCCCC. The first-order valence-corrected chi connectivity index (χ1v) is 25.9. The highest BCUT2D eigenvalue weighted by atomic mass is 31.2. The Labute approximate surface area is 384 Å². The molecule has 0 aliphatic carbocycles. The highest BCUT2D eigenvalue weighted by Gasteiger charge is 2.23. The molecule has 0 saturated heterocycles. The second-order valence-corrected chi connectivity index (χ2v) is 17.1. The summed E-state index contributed by atoms with van der Waals surface area (Å²) in [7, 11) is -4.45. The number of esters is 1. The Kier molecular flexibility index (Phi) is 45.6. The minimum Gasteiger partial charge on any atom is -0.463 e. The molecule has 0 spiro atoms. The van der Waals surface area contributed by atoms with Crippen molar-refractivity contribution in [3.63, 3.8) is 0 Å².